The molecule has 5 heteroatoms. The zero-order valence-electron chi connectivity index (χ0n) is 10.9. The van der Waals surface area contributed by atoms with Gasteiger partial charge in [0.15, 0.2) is 0 Å². The monoisotopic (exact) mass is 313 g/mol. The fraction of sp³-hybridized carbons (Fsp3) is 0.200. The summed E-state index contributed by atoms with van der Waals surface area (Å²) in [5, 5.41) is 0.921. The van der Waals surface area contributed by atoms with Crippen molar-refractivity contribution in [3.63, 3.8) is 0 Å². The average Bonchev–Trinajstić information content (AvgIpc) is 2.43. The molecule has 106 valence electrons. The number of rotatable bonds is 4. The average molecular weight is 314 g/mol. The second kappa shape index (κ2) is 6.44. The van der Waals surface area contributed by atoms with Crippen molar-refractivity contribution in [2.24, 2.45) is 5.73 Å². The molecule has 2 rings (SSSR count). The first-order valence-electron chi connectivity index (χ1n) is 6.05. The van der Waals surface area contributed by atoms with Crippen LogP contribution in [0.5, 0.6) is 5.75 Å². The van der Waals surface area contributed by atoms with Crippen LogP contribution in [0.25, 0.3) is 0 Å². The molecule has 0 amide bonds. The van der Waals surface area contributed by atoms with E-state index >= 15 is 0 Å². The van der Waals surface area contributed by atoms with Crippen molar-refractivity contribution in [3.8, 4) is 5.75 Å². The van der Waals surface area contributed by atoms with Crippen molar-refractivity contribution in [2.75, 3.05) is 7.11 Å². The Morgan fingerprint density at radius 2 is 2.00 bits per heavy atom. The summed E-state index contributed by atoms with van der Waals surface area (Å²) in [5.41, 5.74) is 7.27. The van der Waals surface area contributed by atoms with E-state index in [-0.39, 0.29) is 0 Å². The van der Waals surface area contributed by atoms with E-state index in [4.69, 9.17) is 33.7 Å². The van der Waals surface area contributed by atoms with Gasteiger partial charge in [0.25, 0.3) is 0 Å². The number of hydrogen-bond acceptors (Lipinski definition) is 2. The molecule has 0 saturated heterocycles. The van der Waals surface area contributed by atoms with Crippen molar-refractivity contribution >= 4 is 23.2 Å². The third-order valence-corrected chi connectivity index (χ3v) is 3.94. The number of halogens is 3. The molecule has 0 heterocycles. The Labute approximate surface area is 127 Å². The lowest BCUT2D eigenvalue weighted by atomic mass is 9.99. The molecule has 2 nitrogen and oxygen atoms in total. The smallest absolute Gasteiger partial charge is 0.131 e. The van der Waals surface area contributed by atoms with Crippen molar-refractivity contribution in [3.05, 3.63) is 63.4 Å². The molecule has 0 radical (unpaired) electrons. The van der Waals surface area contributed by atoms with Crippen LogP contribution in [0.4, 0.5) is 4.39 Å². The van der Waals surface area contributed by atoms with Gasteiger partial charge in [-0.2, -0.15) is 0 Å². The van der Waals surface area contributed by atoms with E-state index in [1.807, 2.05) is 6.07 Å². The summed E-state index contributed by atoms with van der Waals surface area (Å²) in [6.45, 7) is 0. The Balaban J connectivity index is 2.24. The minimum Gasteiger partial charge on any atom is -0.497 e. The summed E-state index contributed by atoms with van der Waals surface area (Å²) in [6.07, 6.45) is 0.405. The van der Waals surface area contributed by atoms with Crippen LogP contribution in [0.2, 0.25) is 10.0 Å². The lowest BCUT2D eigenvalue weighted by molar-refractivity contribution is 0.410. The Morgan fingerprint density at radius 3 is 2.65 bits per heavy atom. The number of hydrogen-bond donors (Lipinski definition) is 1. The van der Waals surface area contributed by atoms with Crippen molar-refractivity contribution < 1.29 is 9.13 Å². The zero-order chi connectivity index (χ0) is 14.7. The molecule has 1 atom stereocenters. The molecule has 1 unspecified atom stereocenters. The van der Waals surface area contributed by atoms with Gasteiger partial charge in [-0.05, 0) is 24.1 Å². The maximum absolute atomic E-state index is 14.0. The Hall–Kier alpha value is -1.29. The highest BCUT2D eigenvalue weighted by molar-refractivity contribution is 6.42. The SMILES string of the molecule is COc1ccc(C(N)Cc2cccc(Cl)c2Cl)c(F)c1. The second-order valence-electron chi connectivity index (χ2n) is 4.41. The zero-order valence-corrected chi connectivity index (χ0v) is 12.4. The highest BCUT2D eigenvalue weighted by Crippen LogP contribution is 2.29. The van der Waals surface area contributed by atoms with Crippen LogP contribution >= 0.6 is 23.2 Å². The van der Waals surface area contributed by atoms with Crippen LogP contribution in [-0.4, -0.2) is 7.11 Å². The predicted octanol–water partition coefficient (Wildman–Crippen LogP) is 4.38. The molecule has 0 aliphatic rings. The van der Waals surface area contributed by atoms with Crippen molar-refractivity contribution in [1.29, 1.82) is 0 Å². The van der Waals surface area contributed by atoms with E-state index < -0.39 is 11.9 Å². The Bertz CT molecular complexity index is 619. The van der Waals surface area contributed by atoms with Crippen LogP contribution in [0, 0.1) is 5.82 Å². The number of ether oxygens (including phenoxy) is 1. The molecule has 0 bridgehead atoms. The quantitative estimate of drug-likeness (QED) is 0.909. The topological polar surface area (TPSA) is 35.2 Å². The highest BCUT2D eigenvalue weighted by Gasteiger charge is 2.15. The third kappa shape index (κ3) is 3.23. The van der Waals surface area contributed by atoms with E-state index in [2.05, 4.69) is 0 Å². The van der Waals surface area contributed by atoms with Gasteiger partial charge >= 0.3 is 0 Å². The number of methoxy groups -OCH3 is 1. The Morgan fingerprint density at radius 1 is 1.25 bits per heavy atom. The molecule has 2 N–H and O–H groups in total. The van der Waals surface area contributed by atoms with E-state index in [1.165, 1.54) is 13.2 Å². The number of nitrogens with two attached hydrogens (primary N) is 1. The third-order valence-electron chi connectivity index (χ3n) is 3.08. The molecule has 0 fully saturated rings. The van der Waals surface area contributed by atoms with E-state index in [1.54, 1.807) is 24.3 Å². The first kappa shape index (κ1) is 15.1. The fourth-order valence-electron chi connectivity index (χ4n) is 1.99. The first-order chi connectivity index (χ1) is 9.52. The Kier molecular flexibility index (Phi) is 4.86. The molecule has 2 aromatic carbocycles. The van der Waals surface area contributed by atoms with E-state index in [9.17, 15) is 4.39 Å². The molecular weight excluding hydrogens is 300 g/mol. The van der Waals surface area contributed by atoms with E-state index in [0.29, 0.717) is 27.8 Å². The predicted molar refractivity (Wildman–Crippen MR) is 80.0 cm³/mol. The summed E-state index contributed by atoms with van der Waals surface area (Å²) < 4.78 is 18.9. The summed E-state index contributed by atoms with van der Waals surface area (Å²) in [7, 11) is 1.49. The van der Waals surface area contributed by atoms with E-state index in [0.717, 1.165) is 5.56 Å². The van der Waals surface area contributed by atoms with Crippen molar-refractivity contribution in [1.82, 2.24) is 0 Å². The lowest BCUT2D eigenvalue weighted by Gasteiger charge is -2.15. The van der Waals surface area contributed by atoms with Crippen LogP contribution in [-0.2, 0) is 6.42 Å². The minimum atomic E-state index is -0.503. The van der Waals surface area contributed by atoms with Crippen LogP contribution in [0.1, 0.15) is 17.2 Å². The molecule has 0 spiro atoms. The molecule has 0 aromatic heterocycles. The molecule has 0 aliphatic heterocycles. The molecule has 0 aliphatic carbocycles. The molecular formula is C15H14Cl2FNO. The van der Waals surface area contributed by atoms with Gasteiger partial charge in [-0.1, -0.05) is 41.4 Å². The van der Waals surface area contributed by atoms with Gasteiger partial charge < -0.3 is 10.5 Å². The minimum absolute atomic E-state index is 0.394. The van der Waals surface area contributed by atoms with Crippen LogP contribution in [0.3, 0.4) is 0 Å². The molecule has 2 aromatic rings. The second-order valence-corrected chi connectivity index (χ2v) is 5.20. The van der Waals surface area contributed by atoms with Crippen LogP contribution in [0.15, 0.2) is 36.4 Å². The van der Waals surface area contributed by atoms with Gasteiger partial charge in [0, 0.05) is 17.7 Å². The van der Waals surface area contributed by atoms with Gasteiger partial charge in [-0.15, -0.1) is 0 Å². The standard InChI is InChI=1S/C15H14Cl2FNO/c1-20-10-5-6-11(13(18)8-10)14(19)7-9-3-2-4-12(16)15(9)17/h2-6,8,14H,7,19H2,1H3. The van der Waals surface area contributed by atoms with Gasteiger partial charge in [-0.25, -0.2) is 4.39 Å². The van der Waals surface area contributed by atoms with Gasteiger partial charge in [0.1, 0.15) is 11.6 Å². The van der Waals surface area contributed by atoms with Crippen LogP contribution < -0.4 is 10.5 Å². The fourth-order valence-corrected chi connectivity index (χ4v) is 2.39. The maximum atomic E-state index is 14.0. The highest BCUT2D eigenvalue weighted by atomic mass is 35.5. The van der Waals surface area contributed by atoms with Crippen molar-refractivity contribution in [2.45, 2.75) is 12.5 Å². The summed E-state index contributed by atoms with van der Waals surface area (Å²) in [5.74, 6) is 0.0641. The summed E-state index contributed by atoms with van der Waals surface area (Å²) in [6, 6.07) is 9.43. The maximum Gasteiger partial charge on any atom is 0.131 e. The lowest BCUT2D eigenvalue weighted by Crippen LogP contribution is -2.15. The van der Waals surface area contributed by atoms with Gasteiger partial charge in [-0.3, -0.25) is 0 Å². The molecule has 0 saturated carbocycles. The van der Waals surface area contributed by atoms with Gasteiger partial charge in [0.05, 0.1) is 17.2 Å². The summed E-state index contributed by atoms with van der Waals surface area (Å²) in [4.78, 5) is 0. The van der Waals surface area contributed by atoms with Gasteiger partial charge in [0.2, 0.25) is 0 Å². The largest absolute Gasteiger partial charge is 0.497 e. The first-order valence-corrected chi connectivity index (χ1v) is 6.80. The number of benzene rings is 2. The normalized spacial score (nSPS) is 12.2. The molecule has 20 heavy (non-hydrogen) atoms. The summed E-state index contributed by atoms with van der Waals surface area (Å²) >= 11 is 12.1.